The van der Waals surface area contributed by atoms with Crippen molar-refractivity contribution in [1.29, 1.82) is 0 Å². The average Bonchev–Trinajstić information content (AvgIpc) is 3.79. The third-order valence-electron chi connectivity index (χ3n) is 8.14. The lowest BCUT2D eigenvalue weighted by atomic mass is 9.97. The number of carbonyl (C=O) groups is 1. The minimum absolute atomic E-state index is 0.244. The monoisotopic (exact) mass is 651 g/mol. The van der Waals surface area contributed by atoms with Crippen LogP contribution >= 0.6 is 23.5 Å². The smallest absolute Gasteiger partial charge is 0.298 e. The van der Waals surface area contributed by atoms with Gasteiger partial charge in [-0.15, -0.1) is 0 Å². The van der Waals surface area contributed by atoms with Gasteiger partial charge in [-0.25, -0.2) is 4.72 Å². The summed E-state index contributed by atoms with van der Waals surface area (Å²) in [5, 5.41) is 5.79. The molecule has 6 rings (SSSR count). The number of benzene rings is 4. The summed E-state index contributed by atoms with van der Waals surface area (Å²) >= 11 is 6.98. The van der Waals surface area contributed by atoms with Crippen LogP contribution in [0.25, 0.3) is 21.9 Å². The second-order valence-corrected chi connectivity index (χ2v) is 13.1. The molecule has 2 N–H and O–H groups in total. The van der Waals surface area contributed by atoms with Gasteiger partial charge >= 0.3 is 0 Å². The van der Waals surface area contributed by atoms with Crippen molar-refractivity contribution in [3.05, 3.63) is 95.5 Å². The first-order chi connectivity index (χ1) is 21.7. The van der Waals surface area contributed by atoms with Gasteiger partial charge in [-0.1, -0.05) is 60.1 Å². The van der Waals surface area contributed by atoms with E-state index >= 15 is 8.78 Å². The summed E-state index contributed by atoms with van der Waals surface area (Å²) in [5.41, 5.74) is 1.40. The van der Waals surface area contributed by atoms with Crippen LogP contribution in [-0.2, 0) is 10.7 Å². The summed E-state index contributed by atoms with van der Waals surface area (Å²) in [6.45, 7) is 2.50. The van der Waals surface area contributed by atoms with Crippen molar-refractivity contribution in [3.8, 4) is 16.9 Å². The molecule has 1 heterocycles. The van der Waals surface area contributed by atoms with Crippen LogP contribution < -0.4 is 14.8 Å². The van der Waals surface area contributed by atoms with Crippen LogP contribution in [0.5, 0.6) is 5.75 Å². The Balaban J connectivity index is 0.000000729. The highest BCUT2D eigenvalue weighted by Crippen LogP contribution is 2.36. The van der Waals surface area contributed by atoms with Gasteiger partial charge in [0.05, 0.1) is 6.10 Å². The van der Waals surface area contributed by atoms with E-state index in [1.807, 2.05) is 48.5 Å². The minimum atomic E-state index is -3.46. The molecular weight excluding hydrogens is 612 g/mol. The largest absolute Gasteiger partial charge is 0.490 e. The van der Waals surface area contributed by atoms with Crippen LogP contribution in [0.2, 0.25) is 5.02 Å². The fraction of sp³-hybridized carbons (Fsp3) is 0.361. The second-order valence-electron chi connectivity index (χ2n) is 11.7. The molecule has 238 valence electrons. The number of nitrogens with zero attached hydrogens (tertiary/aromatic N) is 1. The number of ether oxygens (including phenoxy) is 1. The van der Waals surface area contributed by atoms with Gasteiger partial charge in [-0.05, 0) is 122 Å². The third kappa shape index (κ3) is 8.76. The number of nitrogens with one attached hydrogen (secondary N) is 2. The van der Waals surface area contributed by atoms with Crippen molar-refractivity contribution < 1.29 is 18.3 Å². The molecule has 1 aliphatic heterocycles. The molecule has 0 aromatic heterocycles. The fourth-order valence-electron chi connectivity index (χ4n) is 5.52. The van der Waals surface area contributed by atoms with Crippen LogP contribution in [0.15, 0.2) is 89.8 Å². The lowest BCUT2D eigenvalue weighted by Crippen LogP contribution is -2.50. The van der Waals surface area contributed by atoms with E-state index in [-0.39, 0.29) is 11.7 Å². The number of hydrogen-bond acceptors (Lipinski definition) is 5. The Hall–Kier alpha value is -3.17. The van der Waals surface area contributed by atoms with E-state index in [2.05, 4.69) is 10.0 Å². The number of amides is 1. The van der Waals surface area contributed by atoms with Gasteiger partial charge in [0.15, 0.2) is 6.04 Å². The average molecular weight is 652 g/mol. The van der Waals surface area contributed by atoms with Gasteiger partial charge in [0.2, 0.25) is 5.91 Å². The molecule has 1 amide bonds. The number of carbonyl (C=O) groups excluding carboxylic acids is 1. The zero-order valence-corrected chi connectivity index (χ0v) is 27.3. The van der Waals surface area contributed by atoms with Crippen LogP contribution in [0, 0.1) is 0 Å². The Morgan fingerprint density at radius 3 is 2.09 bits per heavy atom. The van der Waals surface area contributed by atoms with E-state index in [4.69, 9.17) is 16.3 Å². The summed E-state index contributed by atoms with van der Waals surface area (Å²) in [7, 11) is 2.95. The maximum atomic E-state index is 15.8. The standard InChI is InChI=1S/C32H31ClF2N2O2S.C4H9N/c1-37(2)31(38)30(32(34,35)25-13-7-21(8-14-25)22-9-15-26(33)16-10-22)36-40-29-18-12-23-19-28(17-11-24(23)20-29)39-27-5-3-4-6-27;1-2-4-5-3-1/h7-20,27,30,36H,3-6H2,1-2H3;5H,1-4H2. The van der Waals surface area contributed by atoms with Gasteiger partial charge in [-0.2, -0.15) is 8.78 Å². The molecule has 9 heteroatoms. The molecule has 1 saturated heterocycles. The number of likely N-dealkylation sites (N-methyl/N-ethyl adjacent to an activating group) is 1. The maximum Gasteiger partial charge on any atom is 0.298 e. The SMILES string of the molecule is C1CCNC1.CN(C)C(=O)C(NSc1ccc2cc(OC3CCCC3)ccc2c1)C(F)(F)c1ccc(-c2ccc(Cl)cc2)cc1. The zero-order valence-electron chi connectivity index (χ0n) is 25.7. The molecule has 4 aromatic rings. The van der Waals surface area contributed by atoms with Crippen LogP contribution in [0.1, 0.15) is 44.1 Å². The maximum absolute atomic E-state index is 15.8. The molecule has 1 atom stereocenters. The van der Waals surface area contributed by atoms with E-state index in [0.717, 1.165) is 57.3 Å². The number of halogens is 3. The number of fused-ring (bicyclic) bond motifs is 1. The van der Waals surface area contributed by atoms with Crippen molar-refractivity contribution in [1.82, 2.24) is 14.9 Å². The van der Waals surface area contributed by atoms with Crippen LogP contribution in [0.4, 0.5) is 8.78 Å². The molecule has 1 aliphatic carbocycles. The first-order valence-electron chi connectivity index (χ1n) is 15.5. The van der Waals surface area contributed by atoms with E-state index in [9.17, 15) is 4.79 Å². The summed E-state index contributed by atoms with van der Waals surface area (Å²) in [5.74, 6) is -3.33. The molecule has 0 radical (unpaired) electrons. The van der Waals surface area contributed by atoms with E-state index in [1.54, 1.807) is 24.3 Å². The van der Waals surface area contributed by atoms with Crippen molar-refractivity contribution in [3.63, 3.8) is 0 Å². The van der Waals surface area contributed by atoms with E-state index in [0.29, 0.717) is 5.02 Å². The highest BCUT2D eigenvalue weighted by molar-refractivity contribution is 7.97. The first-order valence-corrected chi connectivity index (χ1v) is 16.7. The fourth-order valence-corrected chi connectivity index (χ4v) is 6.47. The Labute approximate surface area is 273 Å². The molecule has 5 nitrogen and oxygen atoms in total. The van der Waals surface area contributed by atoms with Gasteiger partial charge in [0.1, 0.15) is 5.75 Å². The Morgan fingerprint density at radius 2 is 1.49 bits per heavy atom. The number of rotatable bonds is 9. The molecule has 0 bridgehead atoms. The predicted octanol–water partition coefficient (Wildman–Crippen LogP) is 8.70. The molecule has 0 spiro atoms. The Kier molecular flexibility index (Phi) is 11.4. The highest BCUT2D eigenvalue weighted by atomic mass is 35.5. The third-order valence-corrected chi connectivity index (χ3v) is 9.23. The quantitative estimate of drug-likeness (QED) is 0.177. The first kappa shape index (κ1) is 33.2. The molecular formula is C36H40ClF2N3O2S. The van der Waals surface area contributed by atoms with E-state index in [1.165, 1.54) is 69.9 Å². The Bertz CT molecular complexity index is 1550. The van der Waals surface area contributed by atoms with Gasteiger partial charge in [0.25, 0.3) is 5.92 Å². The number of hydrogen-bond donors (Lipinski definition) is 2. The lowest BCUT2D eigenvalue weighted by Gasteiger charge is -2.29. The molecule has 45 heavy (non-hydrogen) atoms. The highest BCUT2D eigenvalue weighted by Gasteiger charge is 2.46. The lowest BCUT2D eigenvalue weighted by molar-refractivity contribution is -0.141. The summed E-state index contributed by atoms with van der Waals surface area (Å²) in [6, 6.07) is 23.0. The van der Waals surface area contributed by atoms with Crippen LogP contribution in [-0.4, -0.2) is 50.1 Å². The zero-order chi connectivity index (χ0) is 31.8. The van der Waals surface area contributed by atoms with Gasteiger partial charge in [0, 0.05) is 29.6 Å². The van der Waals surface area contributed by atoms with Crippen molar-refractivity contribution >= 4 is 40.2 Å². The van der Waals surface area contributed by atoms with Crippen molar-refractivity contribution in [2.45, 2.75) is 61.5 Å². The van der Waals surface area contributed by atoms with Crippen molar-refractivity contribution in [2.24, 2.45) is 0 Å². The molecule has 1 unspecified atom stereocenters. The van der Waals surface area contributed by atoms with Crippen LogP contribution in [0.3, 0.4) is 0 Å². The minimum Gasteiger partial charge on any atom is -0.490 e. The summed E-state index contributed by atoms with van der Waals surface area (Å²) in [6.07, 6.45) is 7.64. The predicted molar refractivity (Wildman–Crippen MR) is 181 cm³/mol. The summed E-state index contributed by atoms with van der Waals surface area (Å²) in [4.78, 5) is 14.8. The molecule has 4 aromatic carbocycles. The molecule has 2 fully saturated rings. The topological polar surface area (TPSA) is 53.6 Å². The molecule has 2 aliphatic rings. The normalized spacial score (nSPS) is 15.8. The van der Waals surface area contributed by atoms with E-state index < -0.39 is 17.9 Å². The Morgan fingerprint density at radius 1 is 0.889 bits per heavy atom. The number of alkyl halides is 2. The van der Waals surface area contributed by atoms with Gasteiger partial charge in [-0.3, -0.25) is 4.79 Å². The van der Waals surface area contributed by atoms with Crippen molar-refractivity contribution in [2.75, 3.05) is 27.2 Å². The summed E-state index contributed by atoms with van der Waals surface area (Å²) < 4.78 is 40.5. The molecule has 1 saturated carbocycles. The van der Waals surface area contributed by atoms with Gasteiger partial charge < -0.3 is 15.0 Å². The second kappa shape index (κ2) is 15.4.